The van der Waals surface area contributed by atoms with Gasteiger partial charge < -0.3 is 15.4 Å². The topological polar surface area (TPSA) is 62.7 Å². The number of carbonyl (C=O) groups is 1. The Labute approximate surface area is 185 Å². The summed E-state index contributed by atoms with van der Waals surface area (Å²) in [5.41, 5.74) is 4.79. The minimum Gasteiger partial charge on any atom is -0.464 e. The van der Waals surface area contributed by atoms with Gasteiger partial charge in [-0.15, -0.1) is 11.8 Å². The second kappa shape index (κ2) is 9.15. The molecule has 1 atom stereocenters. The highest BCUT2D eigenvalue weighted by Crippen LogP contribution is 2.43. The summed E-state index contributed by atoms with van der Waals surface area (Å²) in [6.07, 6.45) is 1.85. The van der Waals surface area contributed by atoms with Crippen molar-refractivity contribution in [3.05, 3.63) is 40.4 Å². The van der Waals surface area contributed by atoms with Crippen LogP contribution in [0.2, 0.25) is 0 Å². The maximum absolute atomic E-state index is 12.2. The Morgan fingerprint density at radius 2 is 1.93 bits per heavy atom. The molecule has 1 aliphatic heterocycles. The average molecular weight is 430 g/mol. The van der Waals surface area contributed by atoms with E-state index in [0.29, 0.717) is 12.4 Å². The Kier molecular flexibility index (Phi) is 6.98. The van der Waals surface area contributed by atoms with Crippen LogP contribution in [-0.4, -0.2) is 35.6 Å². The Morgan fingerprint density at radius 3 is 2.57 bits per heavy atom. The fourth-order valence-electron chi connectivity index (χ4n) is 3.70. The average Bonchev–Trinajstić information content (AvgIpc) is 2.65. The van der Waals surface area contributed by atoms with Gasteiger partial charge in [0.1, 0.15) is 0 Å². The molecule has 1 unspecified atom stereocenters. The van der Waals surface area contributed by atoms with Crippen molar-refractivity contribution in [1.82, 2.24) is 5.32 Å². The lowest BCUT2D eigenvalue weighted by Crippen LogP contribution is -2.35. The SMILES string of the molecule is CCOC(=O)C1CSC2=C(Nc3ccc(CNC(C)(C)C)cc3)CC(C)(C)CC2=N1. The molecule has 0 radical (unpaired) electrons. The van der Waals surface area contributed by atoms with Crippen LogP contribution in [0.3, 0.4) is 0 Å². The molecule has 1 aromatic rings. The van der Waals surface area contributed by atoms with E-state index < -0.39 is 6.04 Å². The number of hydrogen-bond acceptors (Lipinski definition) is 6. The van der Waals surface area contributed by atoms with Gasteiger partial charge in [-0.1, -0.05) is 26.0 Å². The van der Waals surface area contributed by atoms with E-state index in [0.717, 1.165) is 30.8 Å². The molecule has 1 aromatic carbocycles. The highest BCUT2D eigenvalue weighted by atomic mass is 32.2. The second-order valence-corrected chi connectivity index (χ2v) is 10.9. The summed E-state index contributed by atoms with van der Waals surface area (Å²) in [6, 6.07) is 8.22. The number of nitrogens with zero attached hydrogens (tertiary/aromatic N) is 1. The van der Waals surface area contributed by atoms with Gasteiger partial charge in [0, 0.05) is 34.1 Å². The third kappa shape index (κ3) is 6.11. The zero-order valence-corrected chi connectivity index (χ0v) is 19.9. The lowest BCUT2D eigenvalue weighted by atomic mass is 9.78. The van der Waals surface area contributed by atoms with E-state index in [-0.39, 0.29) is 16.9 Å². The Hall–Kier alpha value is -1.79. The number of thioether (sulfide) groups is 1. The lowest BCUT2D eigenvalue weighted by molar-refractivity contribution is -0.143. The first kappa shape index (κ1) is 22.9. The van der Waals surface area contributed by atoms with E-state index in [2.05, 4.69) is 69.5 Å². The van der Waals surface area contributed by atoms with Crippen molar-refractivity contribution >= 4 is 29.1 Å². The molecule has 0 aromatic heterocycles. The highest BCUT2D eigenvalue weighted by Gasteiger charge is 2.36. The number of esters is 1. The molecule has 2 aliphatic rings. The fraction of sp³-hybridized carbons (Fsp3) is 0.583. The van der Waals surface area contributed by atoms with Gasteiger partial charge in [-0.3, -0.25) is 4.99 Å². The number of anilines is 1. The molecule has 1 heterocycles. The van der Waals surface area contributed by atoms with Crippen molar-refractivity contribution in [1.29, 1.82) is 0 Å². The van der Waals surface area contributed by atoms with Crippen LogP contribution in [0.5, 0.6) is 0 Å². The van der Waals surface area contributed by atoms with Crippen LogP contribution in [-0.2, 0) is 16.1 Å². The van der Waals surface area contributed by atoms with Gasteiger partial charge >= 0.3 is 5.97 Å². The van der Waals surface area contributed by atoms with E-state index in [1.807, 2.05) is 6.92 Å². The number of rotatable bonds is 6. The first-order valence-corrected chi connectivity index (χ1v) is 11.8. The van der Waals surface area contributed by atoms with Crippen molar-refractivity contribution in [2.75, 3.05) is 17.7 Å². The molecule has 0 amide bonds. The van der Waals surface area contributed by atoms with Crippen molar-refractivity contribution in [2.24, 2.45) is 10.4 Å². The van der Waals surface area contributed by atoms with E-state index in [4.69, 9.17) is 9.73 Å². The van der Waals surface area contributed by atoms with Crippen molar-refractivity contribution < 1.29 is 9.53 Å². The molecule has 1 aliphatic carbocycles. The van der Waals surface area contributed by atoms with Crippen LogP contribution in [0.4, 0.5) is 5.69 Å². The summed E-state index contributed by atoms with van der Waals surface area (Å²) in [5.74, 6) is 0.426. The predicted molar refractivity (Wildman–Crippen MR) is 127 cm³/mol. The monoisotopic (exact) mass is 429 g/mol. The molecular weight excluding hydrogens is 394 g/mol. The van der Waals surface area contributed by atoms with Gasteiger partial charge in [0.05, 0.1) is 12.3 Å². The normalized spacial score (nSPS) is 21.0. The van der Waals surface area contributed by atoms with Crippen LogP contribution in [0.25, 0.3) is 0 Å². The number of fused-ring (bicyclic) bond motifs is 1. The largest absolute Gasteiger partial charge is 0.464 e. The zero-order valence-electron chi connectivity index (χ0n) is 19.1. The Balaban J connectivity index is 1.77. The molecule has 0 saturated carbocycles. The summed E-state index contributed by atoms with van der Waals surface area (Å²) < 4.78 is 5.19. The molecule has 0 spiro atoms. The smallest absolute Gasteiger partial charge is 0.331 e. The maximum atomic E-state index is 12.2. The minimum atomic E-state index is -0.390. The van der Waals surface area contributed by atoms with Crippen molar-refractivity contribution in [2.45, 2.75) is 72.5 Å². The maximum Gasteiger partial charge on any atom is 0.331 e. The van der Waals surface area contributed by atoms with E-state index in [9.17, 15) is 4.79 Å². The van der Waals surface area contributed by atoms with E-state index >= 15 is 0 Å². The van der Waals surface area contributed by atoms with Gasteiger partial charge in [-0.2, -0.15) is 0 Å². The number of carbonyl (C=O) groups excluding carboxylic acids is 1. The molecule has 2 N–H and O–H groups in total. The number of hydrogen-bond donors (Lipinski definition) is 2. The molecule has 30 heavy (non-hydrogen) atoms. The van der Waals surface area contributed by atoms with Crippen LogP contribution in [0, 0.1) is 5.41 Å². The molecule has 0 bridgehead atoms. The van der Waals surface area contributed by atoms with Crippen LogP contribution in [0.15, 0.2) is 39.9 Å². The zero-order chi connectivity index (χ0) is 21.9. The summed E-state index contributed by atoms with van der Waals surface area (Å²) in [4.78, 5) is 18.2. The highest BCUT2D eigenvalue weighted by molar-refractivity contribution is 8.04. The Bertz CT molecular complexity index is 835. The lowest BCUT2D eigenvalue weighted by Gasteiger charge is -2.36. The van der Waals surface area contributed by atoms with E-state index in [1.54, 1.807) is 11.8 Å². The van der Waals surface area contributed by atoms with Gasteiger partial charge in [-0.25, -0.2) is 4.79 Å². The predicted octanol–water partition coefficient (Wildman–Crippen LogP) is 5.14. The van der Waals surface area contributed by atoms with Crippen molar-refractivity contribution in [3.8, 4) is 0 Å². The fourth-order valence-corrected chi connectivity index (χ4v) is 4.82. The molecular formula is C24H35N3O2S. The van der Waals surface area contributed by atoms with Crippen LogP contribution in [0.1, 0.15) is 59.9 Å². The number of allylic oxidation sites excluding steroid dienone is 2. The number of benzene rings is 1. The van der Waals surface area contributed by atoms with Gasteiger partial charge in [0.15, 0.2) is 6.04 Å². The standard InChI is InChI=1S/C24H35N3O2S/c1-7-29-22(28)20-15-30-21-18(12-24(5,6)13-19(21)27-20)26-17-10-8-16(9-11-17)14-25-23(2,3)4/h8-11,20,25-26H,7,12-15H2,1-6H3. The third-order valence-electron chi connectivity index (χ3n) is 5.17. The summed E-state index contributed by atoms with van der Waals surface area (Å²) >= 11 is 1.73. The summed E-state index contributed by atoms with van der Waals surface area (Å²) in [5, 5.41) is 7.17. The second-order valence-electron chi connectivity index (χ2n) is 9.91. The molecule has 0 fully saturated rings. The number of nitrogens with one attached hydrogen (secondary N) is 2. The van der Waals surface area contributed by atoms with Gasteiger partial charge in [0.25, 0.3) is 0 Å². The first-order chi connectivity index (χ1) is 14.1. The molecule has 0 saturated heterocycles. The minimum absolute atomic E-state index is 0.0956. The van der Waals surface area contributed by atoms with E-state index in [1.165, 1.54) is 16.2 Å². The van der Waals surface area contributed by atoms with Gasteiger partial charge in [-0.05, 0) is 63.6 Å². The number of ether oxygens (including phenoxy) is 1. The van der Waals surface area contributed by atoms with Crippen LogP contribution < -0.4 is 10.6 Å². The first-order valence-electron chi connectivity index (χ1n) is 10.8. The number of aliphatic imine (C=N–C) groups is 1. The summed E-state index contributed by atoms with van der Waals surface area (Å²) in [7, 11) is 0. The molecule has 3 rings (SSSR count). The molecule has 164 valence electrons. The summed E-state index contributed by atoms with van der Waals surface area (Å²) in [6.45, 7) is 14.1. The van der Waals surface area contributed by atoms with Crippen molar-refractivity contribution in [3.63, 3.8) is 0 Å². The Morgan fingerprint density at radius 1 is 1.23 bits per heavy atom. The molecule has 6 heteroatoms. The molecule has 5 nitrogen and oxygen atoms in total. The van der Waals surface area contributed by atoms with Crippen LogP contribution >= 0.6 is 11.8 Å². The third-order valence-corrected chi connectivity index (χ3v) is 6.42. The quantitative estimate of drug-likeness (QED) is 0.613. The van der Waals surface area contributed by atoms with Gasteiger partial charge in [0.2, 0.25) is 0 Å².